The molecule has 0 unspecified atom stereocenters. The van der Waals surface area contributed by atoms with Crippen LogP contribution in [0.25, 0.3) is 11.0 Å². The van der Waals surface area contributed by atoms with E-state index in [1.807, 2.05) is 35.8 Å². The monoisotopic (exact) mass is 315 g/mol. The molecule has 0 saturated carbocycles. The Hall–Kier alpha value is -2.76. The molecule has 0 saturated heterocycles. The lowest BCUT2D eigenvalue weighted by atomic mass is 10.2. The van der Waals surface area contributed by atoms with Gasteiger partial charge in [0.15, 0.2) is 11.6 Å². The van der Waals surface area contributed by atoms with Crippen LogP contribution in [0.1, 0.15) is 16.2 Å². The number of carbonyl (C=O) groups excluding carboxylic acids is 1. The number of halogens is 2. The van der Waals surface area contributed by atoms with Gasteiger partial charge in [-0.25, -0.2) is 13.8 Å². The van der Waals surface area contributed by atoms with Gasteiger partial charge in [-0.05, 0) is 37.3 Å². The number of hydrogen-bond acceptors (Lipinski definition) is 2. The van der Waals surface area contributed by atoms with Crippen LogP contribution >= 0.6 is 0 Å². The number of nitrogens with zero attached hydrogens (tertiary/aromatic N) is 2. The van der Waals surface area contributed by atoms with Crippen LogP contribution < -0.4 is 5.32 Å². The quantitative estimate of drug-likeness (QED) is 0.804. The molecule has 118 valence electrons. The number of carbonyl (C=O) groups is 1. The lowest BCUT2D eigenvalue weighted by molar-refractivity contribution is 0.0951. The Morgan fingerprint density at radius 2 is 1.96 bits per heavy atom. The van der Waals surface area contributed by atoms with Crippen molar-refractivity contribution in [1.82, 2.24) is 14.9 Å². The molecule has 0 fully saturated rings. The maximum absolute atomic E-state index is 13.1. The van der Waals surface area contributed by atoms with Crippen molar-refractivity contribution in [3.63, 3.8) is 0 Å². The fourth-order valence-corrected chi connectivity index (χ4v) is 2.50. The minimum Gasteiger partial charge on any atom is -0.350 e. The van der Waals surface area contributed by atoms with Crippen molar-refractivity contribution >= 4 is 16.9 Å². The van der Waals surface area contributed by atoms with Gasteiger partial charge in [0.1, 0.15) is 5.82 Å². The summed E-state index contributed by atoms with van der Waals surface area (Å²) in [6, 6.07) is 10.8. The van der Waals surface area contributed by atoms with Gasteiger partial charge in [-0.15, -0.1) is 0 Å². The molecule has 3 rings (SSSR count). The third-order valence-electron chi connectivity index (χ3n) is 3.65. The van der Waals surface area contributed by atoms with E-state index in [1.54, 1.807) is 0 Å². The van der Waals surface area contributed by atoms with E-state index < -0.39 is 17.5 Å². The second kappa shape index (κ2) is 6.16. The molecular formula is C17H15F2N3O. The molecule has 0 atom stereocenters. The number of aryl methyl sites for hydroxylation is 1. The number of amides is 1. The second-order valence-corrected chi connectivity index (χ2v) is 5.18. The second-order valence-electron chi connectivity index (χ2n) is 5.18. The van der Waals surface area contributed by atoms with E-state index in [2.05, 4.69) is 10.3 Å². The van der Waals surface area contributed by atoms with Gasteiger partial charge >= 0.3 is 0 Å². The van der Waals surface area contributed by atoms with Crippen molar-refractivity contribution in [2.75, 3.05) is 6.54 Å². The van der Waals surface area contributed by atoms with E-state index in [0.717, 1.165) is 29.0 Å². The van der Waals surface area contributed by atoms with Gasteiger partial charge in [0, 0.05) is 18.7 Å². The summed E-state index contributed by atoms with van der Waals surface area (Å²) in [7, 11) is 0. The predicted octanol–water partition coefficient (Wildman–Crippen LogP) is 3.05. The smallest absolute Gasteiger partial charge is 0.251 e. The number of hydrogen-bond donors (Lipinski definition) is 1. The van der Waals surface area contributed by atoms with Crippen molar-refractivity contribution in [2.24, 2.45) is 0 Å². The number of aromatic nitrogens is 2. The van der Waals surface area contributed by atoms with E-state index in [-0.39, 0.29) is 5.56 Å². The number of rotatable bonds is 4. The molecule has 1 N–H and O–H groups in total. The standard InChI is InChI=1S/C17H15F2N3O/c1-11-21-15-4-2-3-5-16(15)22(11)9-8-20-17(23)12-6-7-13(18)14(19)10-12/h2-7,10H,8-9H2,1H3,(H,20,23). The molecule has 0 aliphatic rings. The van der Waals surface area contributed by atoms with Crippen molar-refractivity contribution in [2.45, 2.75) is 13.5 Å². The summed E-state index contributed by atoms with van der Waals surface area (Å²) < 4.78 is 28.0. The number of para-hydroxylation sites is 2. The average molecular weight is 315 g/mol. The first-order valence-corrected chi connectivity index (χ1v) is 7.21. The molecule has 2 aromatic carbocycles. The molecule has 1 aromatic heterocycles. The van der Waals surface area contributed by atoms with E-state index in [9.17, 15) is 13.6 Å². The van der Waals surface area contributed by atoms with Crippen LogP contribution in [0.5, 0.6) is 0 Å². The maximum Gasteiger partial charge on any atom is 0.251 e. The highest BCUT2D eigenvalue weighted by atomic mass is 19.2. The van der Waals surface area contributed by atoms with Gasteiger partial charge < -0.3 is 9.88 Å². The van der Waals surface area contributed by atoms with Gasteiger partial charge in [0.05, 0.1) is 11.0 Å². The van der Waals surface area contributed by atoms with Gasteiger partial charge in [0.25, 0.3) is 5.91 Å². The first-order valence-electron chi connectivity index (χ1n) is 7.21. The summed E-state index contributed by atoms with van der Waals surface area (Å²) in [4.78, 5) is 16.4. The summed E-state index contributed by atoms with van der Waals surface area (Å²) in [6.07, 6.45) is 0. The number of benzene rings is 2. The fraction of sp³-hybridized carbons (Fsp3) is 0.176. The Kier molecular flexibility index (Phi) is 4.06. The minimum absolute atomic E-state index is 0.0936. The lowest BCUT2D eigenvalue weighted by Crippen LogP contribution is -2.27. The summed E-state index contributed by atoms with van der Waals surface area (Å²) in [6.45, 7) is 2.80. The largest absolute Gasteiger partial charge is 0.350 e. The normalized spacial score (nSPS) is 10.9. The SMILES string of the molecule is Cc1nc2ccccc2n1CCNC(=O)c1ccc(F)c(F)c1. The highest BCUT2D eigenvalue weighted by Gasteiger charge is 2.10. The summed E-state index contributed by atoms with van der Waals surface area (Å²) in [5, 5.41) is 2.70. The van der Waals surface area contributed by atoms with E-state index in [1.165, 1.54) is 6.07 Å². The molecule has 3 aromatic rings. The fourth-order valence-electron chi connectivity index (χ4n) is 2.50. The molecule has 23 heavy (non-hydrogen) atoms. The zero-order chi connectivity index (χ0) is 16.4. The molecule has 0 spiro atoms. The summed E-state index contributed by atoms with van der Waals surface area (Å²) in [5.41, 5.74) is 1.99. The molecule has 0 bridgehead atoms. The third-order valence-corrected chi connectivity index (χ3v) is 3.65. The molecule has 1 heterocycles. The van der Waals surface area contributed by atoms with Crippen LogP contribution in [0.15, 0.2) is 42.5 Å². The van der Waals surface area contributed by atoms with Crippen LogP contribution in [-0.2, 0) is 6.54 Å². The molecule has 0 radical (unpaired) electrons. The van der Waals surface area contributed by atoms with Gasteiger partial charge in [-0.1, -0.05) is 12.1 Å². The van der Waals surface area contributed by atoms with Gasteiger partial charge in [0.2, 0.25) is 0 Å². The van der Waals surface area contributed by atoms with E-state index in [4.69, 9.17) is 0 Å². The Bertz CT molecular complexity index is 873. The van der Waals surface area contributed by atoms with E-state index >= 15 is 0 Å². The molecule has 4 nitrogen and oxygen atoms in total. The van der Waals surface area contributed by atoms with Gasteiger partial charge in [-0.3, -0.25) is 4.79 Å². The average Bonchev–Trinajstić information content (AvgIpc) is 2.86. The topological polar surface area (TPSA) is 46.9 Å². The maximum atomic E-state index is 13.1. The van der Waals surface area contributed by atoms with Crippen molar-refractivity contribution in [1.29, 1.82) is 0 Å². The molecular weight excluding hydrogens is 300 g/mol. The molecule has 6 heteroatoms. The van der Waals surface area contributed by atoms with Crippen LogP contribution in [-0.4, -0.2) is 22.0 Å². The van der Waals surface area contributed by atoms with Crippen LogP contribution in [0.2, 0.25) is 0 Å². The van der Waals surface area contributed by atoms with Crippen molar-refractivity contribution in [3.05, 3.63) is 65.5 Å². The molecule has 0 aliphatic carbocycles. The Morgan fingerprint density at radius 3 is 2.74 bits per heavy atom. The van der Waals surface area contributed by atoms with Crippen LogP contribution in [0, 0.1) is 18.6 Å². The third kappa shape index (κ3) is 3.06. The molecule has 1 amide bonds. The van der Waals surface area contributed by atoms with Crippen LogP contribution in [0.3, 0.4) is 0 Å². The van der Waals surface area contributed by atoms with Crippen molar-refractivity contribution in [3.8, 4) is 0 Å². The lowest BCUT2D eigenvalue weighted by Gasteiger charge is -2.09. The van der Waals surface area contributed by atoms with E-state index in [0.29, 0.717) is 13.1 Å². The highest BCUT2D eigenvalue weighted by Crippen LogP contribution is 2.15. The van der Waals surface area contributed by atoms with Gasteiger partial charge in [-0.2, -0.15) is 0 Å². The summed E-state index contributed by atoms with van der Waals surface area (Å²) >= 11 is 0. The summed E-state index contributed by atoms with van der Waals surface area (Å²) in [5.74, 6) is -1.59. The zero-order valence-electron chi connectivity index (χ0n) is 12.5. The first kappa shape index (κ1) is 15.1. The number of imidazole rings is 1. The molecule has 0 aliphatic heterocycles. The minimum atomic E-state index is -1.03. The Morgan fingerprint density at radius 1 is 1.17 bits per heavy atom. The predicted molar refractivity (Wildman–Crippen MR) is 83.2 cm³/mol. The number of nitrogens with one attached hydrogen (secondary N) is 1. The highest BCUT2D eigenvalue weighted by molar-refractivity contribution is 5.94. The van der Waals surface area contributed by atoms with Crippen molar-refractivity contribution < 1.29 is 13.6 Å². The number of fused-ring (bicyclic) bond motifs is 1. The first-order chi connectivity index (χ1) is 11.1. The zero-order valence-corrected chi connectivity index (χ0v) is 12.5. The Labute approximate surface area is 131 Å². The van der Waals surface area contributed by atoms with Crippen LogP contribution in [0.4, 0.5) is 8.78 Å². The Balaban J connectivity index is 1.67.